The molecule has 18 heavy (non-hydrogen) atoms. The molecule has 1 atom stereocenters. The molecule has 0 aliphatic carbocycles. The summed E-state index contributed by atoms with van der Waals surface area (Å²) in [5.74, 6) is -0.405. The van der Waals surface area contributed by atoms with Gasteiger partial charge in [-0.2, -0.15) is 0 Å². The molecule has 0 N–H and O–H groups in total. The smallest absolute Gasteiger partial charge is 0.333 e. The fourth-order valence-electron chi connectivity index (χ4n) is 1.58. The van der Waals surface area contributed by atoms with Gasteiger partial charge in [-0.05, 0) is 5.56 Å². The Morgan fingerprint density at radius 2 is 2.06 bits per heavy atom. The molecule has 0 saturated heterocycles. The molecule has 0 aliphatic heterocycles. The van der Waals surface area contributed by atoms with Crippen LogP contribution in [0.25, 0.3) is 0 Å². The van der Waals surface area contributed by atoms with E-state index in [1.807, 2.05) is 30.3 Å². The largest absolute Gasteiger partial charge is 0.466 e. The first-order valence-corrected chi connectivity index (χ1v) is 5.72. The molecule has 1 aromatic carbocycles. The maximum Gasteiger partial charge on any atom is 0.333 e. The topological polar surface area (TPSA) is 35.5 Å². The van der Waals surface area contributed by atoms with Crippen LogP contribution >= 0.6 is 0 Å². The summed E-state index contributed by atoms with van der Waals surface area (Å²) < 4.78 is 10.3. The average Bonchev–Trinajstić information content (AvgIpc) is 2.43. The maximum atomic E-state index is 11.4. The third kappa shape index (κ3) is 4.18. The minimum atomic E-state index is -0.405. The SMILES string of the molecule is C=CCOC(CC(=C)C(=O)OC)c1ccccc1. The first-order valence-electron chi connectivity index (χ1n) is 5.72. The molecule has 0 heterocycles. The molecule has 1 unspecified atom stereocenters. The van der Waals surface area contributed by atoms with E-state index in [4.69, 9.17) is 4.74 Å². The van der Waals surface area contributed by atoms with Gasteiger partial charge in [0.1, 0.15) is 0 Å². The van der Waals surface area contributed by atoms with Gasteiger partial charge in [-0.15, -0.1) is 6.58 Å². The van der Waals surface area contributed by atoms with E-state index < -0.39 is 5.97 Å². The Hall–Kier alpha value is -1.87. The van der Waals surface area contributed by atoms with Crippen LogP contribution in [0.2, 0.25) is 0 Å². The molecule has 0 aliphatic rings. The number of hydrogen-bond donors (Lipinski definition) is 0. The van der Waals surface area contributed by atoms with Crippen molar-refractivity contribution >= 4 is 5.97 Å². The maximum absolute atomic E-state index is 11.4. The van der Waals surface area contributed by atoms with E-state index in [0.29, 0.717) is 18.6 Å². The standard InChI is InChI=1S/C15H18O3/c1-4-10-18-14(11-12(2)15(16)17-3)13-8-6-5-7-9-13/h4-9,14H,1-2,10-11H2,3H3. The molecule has 1 rings (SSSR count). The predicted octanol–water partition coefficient (Wildman–Crippen LogP) is 3.05. The van der Waals surface area contributed by atoms with Crippen LogP contribution in [0.3, 0.4) is 0 Å². The number of rotatable bonds is 7. The number of benzene rings is 1. The Kier molecular flexibility index (Phi) is 5.88. The summed E-state index contributed by atoms with van der Waals surface area (Å²) >= 11 is 0. The van der Waals surface area contributed by atoms with Crippen LogP contribution in [0, 0.1) is 0 Å². The van der Waals surface area contributed by atoms with Crippen LogP contribution in [0.4, 0.5) is 0 Å². The number of methoxy groups -OCH3 is 1. The highest BCUT2D eigenvalue weighted by Gasteiger charge is 2.17. The molecular weight excluding hydrogens is 228 g/mol. The monoisotopic (exact) mass is 246 g/mol. The van der Waals surface area contributed by atoms with Crippen molar-refractivity contribution in [2.24, 2.45) is 0 Å². The highest BCUT2D eigenvalue weighted by molar-refractivity contribution is 5.87. The fourth-order valence-corrected chi connectivity index (χ4v) is 1.58. The molecule has 0 amide bonds. The number of carbonyl (C=O) groups is 1. The molecule has 1 aromatic rings. The second-order valence-electron chi connectivity index (χ2n) is 3.82. The summed E-state index contributed by atoms with van der Waals surface area (Å²) in [6, 6.07) is 9.71. The second kappa shape index (κ2) is 7.45. The van der Waals surface area contributed by atoms with Gasteiger partial charge in [0.05, 0.1) is 19.8 Å². The van der Waals surface area contributed by atoms with E-state index in [2.05, 4.69) is 17.9 Å². The molecule has 3 nitrogen and oxygen atoms in total. The summed E-state index contributed by atoms with van der Waals surface area (Å²) in [4.78, 5) is 11.4. The molecule has 3 heteroatoms. The van der Waals surface area contributed by atoms with Crippen molar-refractivity contribution in [3.05, 3.63) is 60.7 Å². The number of carbonyl (C=O) groups excluding carboxylic acids is 1. The van der Waals surface area contributed by atoms with Crippen molar-refractivity contribution in [3.8, 4) is 0 Å². The Morgan fingerprint density at radius 3 is 2.61 bits per heavy atom. The quantitative estimate of drug-likeness (QED) is 0.421. The van der Waals surface area contributed by atoms with Crippen LogP contribution in [0.5, 0.6) is 0 Å². The zero-order valence-electron chi connectivity index (χ0n) is 10.6. The molecule has 0 saturated carbocycles. The first kappa shape index (κ1) is 14.2. The van der Waals surface area contributed by atoms with Crippen molar-refractivity contribution in [2.75, 3.05) is 13.7 Å². The summed E-state index contributed by atoms with van der Waals surface area (Å²) in [6.07, 6.45) is 1.87. The van der Waals surface area contributed by atoms with E-state index in [1.54, 1.807) is 6.08 Å². The van der Waals surface area contributed by atoms with Gasteiger partial charge in [0, 0.05) is 12.0 Å². The summed E-state index contributed by atoms with van der Waals surface area (Å²) in [5, 5.41) is 0. The van der Waals surface area contributed by atoms with E-state index in [9.17, 15) is 4.79 Å². The third-order valence-electron chi connectivity index (χ3n) is 2.49. The van der Waals surface area contributed by atoms with Gasteiger partial charge in [0.2, 0.25) is 0 Å². The molecule has 0 aromatic heterocycles. The molecule has 96 valence electrons. The van der Waals surface area contributed by atoms with Gasteiger partial charge in [-0.25, -0.2) is 4.79 Å². The van der Waals surface area contributed by atoms with Crippen LogP contribution in [-0.2, 0) is 14.3 Å². The van der Waals surface area contributed by atoms with Crippen LogP contribution in [0.1, 0.15) is 18.1 Å². The number of esters is 1. The third-order valence-corrected chi connectivity index (χ3v) is 2.49. The number of hydrogen-bond acceptors (Lipinski definition) is 3. The molecule has 0 fully saturated rings. The normalized spacial score (nSPS) is 11.6. The van der Waals surface area contributed by atoms with E-state index >= 15 is 0 Å². The lowest BCUT2D eigenvalue weighted by Crippen LogP contribution is -2.11. The lowest BCUT2D eigenvalue weighted by Gasteiger charge is -2.18. The first-order chi connectivity index (χ1) is 8.69. The molecular formula is C15H18O3. The van der Waals surface area contributed by atoms with Gasteiger partial charge in [-0.1, -0.05) is 43.0 Å². The molecule has 0 bridgehead atoms. The van der Waals surface area contributed by atoms with Crippen molar-refractivity contribution in [1.82, 2.24) is 0 Å². The Balaban J connectivity index is 2.76. The fraction of sp³-hybridized carbons (Fsp3) is 0.267. The van der Waals surface area contributed by atoms with Gasteiger partial charge >= 0.3 is 5.97 Å². The Bertz CT molecular complexity index is 409. The lowest BCUT2D eigenvalue weighted by atomic mass is 10.0. The average molecular weight is 246 g/mol. The number of ether oxygens (including phenoxy) is 2. The van der Waals surface area contributed by atoms with Gasteiger partial charge in [0.15, 0.2) is 0 Å². The molecule has 0 radical (unpaired) electrons. The highest BCUT2D eigenvalue weighted by Crippen LogP contribution is 2.24. The molecule has 0 spiro atoms. The van der Waals surface area contributed by atoms with E-state index in [1.165, 1.54) is 7.11 Å². The van der Waals surface area contributed by atoms with Crippen molar-refractivity contribution < 1.29 is 14.3 Å². The minimum Gasteiger partial charge on any atom is -0.466 e. The summed E-state index contributed by atoms with van der Waals surface area (Å²) in [6.45, 7) is 7.76. The van der Waals surface area contributed by atoms with Crippen molar-refractivity contribution in [1.29, 1.82) is 0 Å². The Labute approximate surface area is 108 Å². The van der Waals surface area contributed by atoms with E-state index in [0.717, 1.165) is 5.56 Å². The zero-order chi connectivity index (χ0) is 13.4. The minimum absolute atomic E-state index is 0.212. The van der Waals surface area contributed by atoms with Crippen molar-refractivity contribution in [2.45, 2.75) is 12.5 Å². The lowest BCUT2D eigenvalue weighted by molar-refractivity contribution is -0.136. The van der Waals surface area contributed by atoms with Crippen LogP contribution < -0.4 is 0 Å². The van der Waals surface area contributed by atoms with E-state index in [-0.39, 0.29) is 6.10 Å². The van der Waals surface area contributed by atoms with Gasteiger partial charge in [-0.3, -0.25) is 0 Å². The Morgan fingerprint density at radius 1 is 1.39 bits per heavy atom. The summed E-state index contributed by atoms with van der Waals surface area (Å²) in [7, 11) is 1.34. The second-order valence-corrected chi connectivity index (χ2v) is 3.82. The van der Waals surface area contributed by atoms with Crippen LogP contribution in [0.15, 0.2) is 55.1 Å². The van der Waals surface area contributed by atoms with Crippen molar-refractivity contribution in [3.63, 3.8) is 0 Å². The zero-order valence-corrected chi connectivity index (χ0v) is 10.6. The van der Waals surface area contributed by atoms with Crippen LogP contribution in [-0.4, -0.2) is 19.7 Å². The highest BCUT2D eigenvalue weighted by atomic mass is 16.5. The summed E-state index contributed by atoms with van der Waals surface area (Å²) in [5.41, 5.74) is 1.40. The van der Waals surface area contributed by atoms with Gasteiger partial charge < -0.3 is 9.47 Å². The predicted molar refractivity (Wildman–Crippen MR) is 71.1 cm³/mol. The van der Waals surface area contributed by atoms with Gasteiger partial charge in [0.25, 0.3) is 0 Å².